The van der Waals surface area contributed by atoms with Crippen LogP contribution < -0.4 is 16.0 Å². The summed E-state index contributed by atoms with van der Waals surface area (Å²) in [5.41, 5.74) is 6.62. The SMILES string of the molecule is O=C(CCC(=O)OCc1ccccc1)Nc1nonc1-c1nc2ccccc2[nH]1.O=C(CCC(=O)OCc1ccccc1)Nc1nonc1-c1nc2ccccc2n1CC(=O)c1ccc(NC(=O)OCc2ccccc2)cc1. The molecule has 78 heavy (non-hydrogen) atoms. The summed E-state index contributed by atoms with van der Waals surface area (Å²) in [6.07, 6.45) is -1.03. The number of hydrogen-bond donors (Lipinski definition) is 4. The number of rotatable bonds is 20. The summed E-state index contributed by atoms with van der Waals surface area (Å²) < 4.78 is 27.0. The van der Waals surface area contributed by atoms with Crippen molar-refractivity contribution in [2.24, 2.45) is 0 Å². The lowest BCUT2D eigenvalue weighted by Gasteiger charge is -2.10. The van der Waals surface area contributed by atoms with Gasteiger partial charge >= 0.3 is 18.0 Å². The molecule has 392 valence electrons. The Kier molecular flexibility index (Phi) is 17.1. The average molecular weight is 1050 g/mol. The lowest BCUT2D eigenvalue weighted by atomic mass is 10.1. The Hall–Kier alpha value is -10.6. The number of para-hydroxylation sites is 4. The number of carbonyl (C=O) groups is 6. The van der Waals surface area contributed by atoms with Gasteiger partial charge in [0.2, 0.25) is 23.5 Å². The van der Waals surface area contributed by atoms with Crippen molar-refractivity contribution in [3.05, 3.63) is 186 Å². The van der Waals surface area contributed by atoms with Gasteiger partial charge in [0.25, 0.3) is 0 Å². The lowest BCUT2D eigenvalue weighted by molar-refractivity contribution is -0.146. The largest absolute Gasteiger partial charge is 0.461 e. The van der Waals surface area contributed by atoms with Gasteiger partial charge in [-0.2, -0.15) is 0 Å². The molecule has 0 aliphatic rings. The third-order valence-corrected chi connectivity index (χ3v) is 11.5. The van der Waals surface area contributed by atoms with E-state index in [9.17, 15) is 28.8 Å². The zero-order valence-electron chi connectivity index (χ0n) is 41.4. The highest BCUT2D eigenvalue weighted by Crippen LogP contribution is 2.29. The molecule has 0 atom stereocenters. The van der Waals surface area contributed by atoms with Crippen LogP contribution >= 0.6 is 0 Å². The van der Waals surface area contributed by atoms with Crippen molar-refractivity contribution >= 4 is 75.0 Å². The highest BCUT2D eigenvalue weighted by Gasteiger charge is 2.25. The van der Waals surface area contributed by atoms with Gasteiger partial charge in [0, 0.05) is 24.1 Å². The van der Waals surface area contributed by atoms with Crippen LogP contribution in [0, 0.1) is 0 Å². The lowest BCUT2D eigenvalue weighted by Crippen LogP contribution is -2.16. The number of fused-ring (bicyclic) bond motifs is 2. The minimum Gasteiger partial charge on any atom is -0.461 e. The predicted octanol–water partition coefficient (Wildman–Crippen LogP) is 9.26. The minimum atomic E-state index is -0.621. The molecule has 4 N–H and O–H groups in total. The first kappa shape index (κ1) is 52.2. The van der Waals surface area contributed by atoms with Gasteiger partial charge in [0.1, 0.15) is 19.8 Å². The van der Waals surface area contributed by atoms with E-state index >= 15 is 0 Å². The molecule has 0 saturated carbocycles. The van der Waals surface area contributed by atoms with Crippen LogP contribution in [0.1, 0.15) is 52.7 Å². The average Bonchev–Trinajstić information content (AvgIpc) is 4.41. The zero-order valence-corrected chi connectivity index (χ0v) is 41.4. The van der Waals surface area contributed by atoms with Crippen LogP contribution in [0.2, 0.25) is 0 Å². The van der Waals surface area contributed by atoms with Crippen LogP contribution in [-0.4, -0.2) is 75.8 Å². The number of ether oxygens (including phenoxy) is 3. The summed E-state index contributed by atoms with van der Waals surface area (Å²) in [4.78, 5) is 86.9. The number of anilines is 3. The Balaban J connectivity index is 0.000000216. The molecule has 22 heteroatoms. The number of aromatic nitrogens is 8. The molecule has 0 aliphatic carbocycles. The molecule has 0 radical (unpaired) electrons. The van der Waals surface area contributed by atoms with Gasteiger partial charge in [-0.15, -0.1) is 0 Å². The fourth-order valence-corrected chi connectivity index (χ4v) is 7.62. The first-order chi connectivity index (χ1) is 38.1. The van der Waals surface area contributed by atoms with Gasteiger partial charge in [0.05, 0.1) is 41.5 Å². The molecule has 6 aromatic carbocycles. The number of amides is 3. The molecule has 3 amide bonds. The number of H-pyrrole nitrogens is 1. The van der Waals surface area contributed by atoms with Gasteiger partial charge in [-0.25, -0.2) is 24.0 Å². The summed E-state index contributed by atoms with van der Waals surface area (Å²) in [5, 5.41) is 23.2. The van der Waals surface area contributed by atoms with Crippen molar-refractivity contribution in [1.29, 1.82) is 0 Å². The van der Waals surface area contributed by atoms with Crippen molar-refractivity contribution < 1.29 is 52.2 Å². The molecule has 0 saturated heterocycles. The van der Waals surface area contributed by atoms with E-state index in [1.54, 1.807) is 41.0 Å². The number of benzene rings is 6. The van der Waals surface area contributed by atoms with E-state index in [1.807, 2.05) is 127 Å². The van der Waals surface area contributed by atoms with Crippen LogP contribution in [0.25, 0.3) is 45.1 Å². The number of ketones is 1. The smallest absolute Gasteiger partial charge is 0.411 e. The zero-order chi connectivity index (χ0) is 54.1. The van der Waals surface area contributed by atoms with Crippen molar-refractivity contribution in [2.75, 3.05) is 16.0 Å². The summed E-state index contributed by atoms with van der Waals surface area (Å²) in [5.74, 6) is -1.37. The molecule has 0 spiro atoms. The maximum absolute atomic E-state index is 13.5. The second-order valence-corrected chi connectivity index (χ2v) is 17.1. The fraction of sp³-hybridized carbons (Fsp3) is 0.143. The van der Waals surface area contributed by atoms with Crippen LogP contribution in [0.4, 0.5) is 22.1 Å². The maximum Gasteiger partial charge on any atom is 0.411 e. The summed E-state index contributed by atoms with van der Waals surface area (Å²) in [6, 6.07) is 48.9. The van der Waals surface area contributed by atoms with Crippen molar-refractivity contribution in [3.63, 3.8) is 0 Å². The van der Waals surface area contributed by atoms with Gasteiger partial charge in [-0.3, -0.25) is 29.3 Å². The van der Waals surface area contributed by atoms with Crippen molar-refractivity contribution in [3.8, 4) is 23.0 Å². The molecule has 22 nitrogen and oxygen atoms in total. The number of nitrogens with one attached hydrogen (secondary N) is 4. The second-order valence-electron chi connectivity index (χ2n) is 17.1. The third kappa shape index (κ3) is 14.1. The Morgan fingerprint density at radius 1 is 0.487 bits per heavy atom. The first-order valence-electron chi connectivity index (χ1n) is 24.3. The predicted molar refractivity (Wildman–Crippen MR) is 282 cm³/mol. The number of imidazole rings is 2. The van der Waals surface area contributed by atoms with Gasteiger partial charge in [0.15, 0.2) is 28.8 Å². The quantitative estimate of drug-likeness (QED) is 0.0314. The number of hydrogen-bond acceptors (Lipinski definition) is 17. The molecular weight excluding hydrogens is 1000 g/mol. The van der Waals surface area contributed by atoms with E-state index in [0.29, 0.717) is 28.1 Å². The molecular formula is C56H47N11O11. The van der Waals surface area contributed by atoms with Gasteiger partial charge in [-0.05, 0) is 85.8 Å². The van der Waals surface area contributed by atoms with Crippen LogP contribution in [0.15, 0.2) is 173 Å². The van der Waals surface area contributed by atoms with E-state index in [4.69, 9.17) is 23.5 Å². The van der Waals surface area contributed by atoms with E-state index in [0.717, 1.165) is 27.7 Å². The minimum absolute atomic E-state index is 0.0127. The van der Waals surface area contributed by atoms with Crippen LogP contribution in [0.3, 0.4) is 0 Å². The molecule has 4 aromatic heterocycles. The number of esters is 2. The Morgan fingerprint density at radius 3 is 1.56 bits per heavy atom. The molecule has 10 aromatic rings. The second kappa shape index (κ2) is 25.5. The van der Waals surface area contributed by atoms with Crippen LogP contribution in [0.5, 0.6) is 0 Å². The van der Waals surface area contributed by atoms with Crippen molar-refractivity contribution in [1.82, 2.24) is 40.1 Å². The molecule has 4 heterocycles. The monoisotopic (exact) mass is 1050 g/mol. The highest BCUT2D eigenvalue weighted by molar-refractivity contribution is 5.99. The fourth-order valence-electron chi connectivity index (χ4n) is 7.62. The van der Waals surface area contributed by atoms with E-state index in [1.165, 1.54) is 0 Å². The molecule has 0 bridgehead atoms. The highest BCUT2D eigenvalue weighted by atomic mass is 16.6. The molecule has 0 fully saturated rings. The Bertz CT molecular complexity index is 3640. The van der Waals surface area contributed by atoms with E-state index < -0.39 is 29.8 Å². The summed E-state index contributed by atoms with van der Waals surface area (Å²) in [7, 11) is 0. The number of nitrogens with zero attached hydrogens (tertiary/aromatic N) is 7. The van der Waals surface area contributed by atoms with Crippen LogP contribution in [-0.2, 0) is 59.8 Å². The number of carbonyl (C=O) groups excluding carboxylic acids is 6. The number of Topliss-reactive ketones (excluding diaryl/α,β-unsaturated/α-hetero) is 1. The summed E-state index contributed by atoms with van der Waals surface area (Å²) >= 11 is 0. The third-order valence-electron chi connectivity index (χ3n) is 11.5. The van der Waals surface area contributed by atoms with E-state index in [2.05, 4.69) is 51.5 Å². The Morgan fingerprint density at radius 2 is 0.987 bits per heavy atom. The van der Waals surface area contributed by atoms with E-state index in [-0.39, 0.29) is 86.7 Å². The number of aromatic amines is 1. The van der Waals surface area contributed by atoms with Crippen molar-refractivity contribution in [2.45, 2.75) is 52.0 Å². The molecule has 0 unspecified atom stereocenters. The molecule has 10 rings (SSSR count). The van der Waals surface area contributed by atoms with Gasteiger partial charge < -0.3 is 34.4 Å². The first-order valence-corrected chi connectivity index (χ1v) is 24.3. The van der Waals surface area contributed by atoms with Gasteiger partial charge in [-0.1, -0.05) is 115 Å². The molecule has 0 aliphatic heterocycles. The topological polar surface area (TPSA) is 291 Å². The normalized spacial score (nSPS) is 10.8. The standard InChI is InChI=1S/C36H30N6O7.C20H17N5O4/c43-30(26-15-17-27(18-16-26)37-36(46)48-23-25-11-5-2-6-12-25)21-42-29-14-8-7-13-28(29)38-35(42)33-34(41-49-40-33)39-31(44)19-20-32(45)47-22-24-9-3-1-4-10-24;26-16(10-11-17(27)28-12-13-6-2-1-3-7-13)23-20-18(24-29-25-20)19-21-14-8-4-5-9-15(14)22-19/h1-18H,19-23H2,(H,37,46)(H,39,41,44);1-9H,10-12H2,(H,21,22)(H,23,25,26). The Labute approximate surface area is 443 Å². The maximum atomic E-state index is 13.5. The summed E-state index contributed by atoms with van der Waals surface area (Å²) in [6.45, 7) is 0.277.